The number of H-pyrrole nitrogens is 1. The molecule has 30 heavy (non-hydrogen) atoms. The lowest BCUT2D eigenvalue weighted by Crippen LogP contribution is -2.13. The monoisotopic (exact) mass is 398 g/mol. The predicted molar refractivity (Wildman–Crippen MR) is 113 cm³/mol. The van der Waals surface area contributed by atoms with E-state index in [0.29, 0.717) is 45.0 Å². The van der Waals surface area contributed by atoms with Gasteiger partial charge in [0.25, 0.3) is 0 Å². The molecular formula is C22H15FN6O. The summed E-state index contributed by atoms with van der Waals surface area (Å²) >= 11 is 0. The van der Waals surface area contributed by atoms with Crippen LogP contribution in [0.2, 0.25) is 0 Å². The molecule has 7 nitrogen and oxygen atoms in total. The molecule has 0 bridgehead atoms. The van der Waals surface area contributed by atoms with Crippen molar-refractivity contribution in [3.05, 3.63) is 78.1 Å². The van der Waals surface area contributed by atoms with Crippen molar-refractivity contribution in [2.75, 3.05) is 5.32 Å². The van der Waals surface area contributed by atoms with Crippen LogP contribution in [0.25, 0.3) is 33.2 Å². The zero-order valence-electron chi connectivity index (χ0n) is 15.6. The normalized spacial score (nSPS) is 11.1. The molecule has 4 N–H and O–H groups in total. The fourth-order valence-corrected chi connectivity index (χ4v) is 3.38. The molecule has 146 valence electrons. The molecule has 0 spiro atoms. The summed E-state index contributed by atoms with van der Waals surface area (Å²) in [4.78, 5) is 21.1. The zero-order chi connectivity index (χ0) is 20.7. The van der Waals surface area contributed by atoms with E-state index in [9.17, 15) is 9.18 Å². The Morgan fingerprint density at radius 1 is 0.933 bits per heavy atom. The summed E-state index contributed by atoms with van der Waals surface area (Å²) in [5.41, 5.74) is 7.75. The number of anilines is 2. The Morgan fingerprint density at radius 2 is 1.73 bits per heavy atom. The molecule has 2 aromatic heterocycles. The minimum atomic E-state index is -0.564. The number of benzene rings is 3. The standard InChI is InChI=1S/C22H15FN6O/c23-12-9-10-18-16(11-12)22(29-28-18)27-21-15-7-3-4-8-17(15)25-20(26-21)14-6-2-1-5-13(14)19(24)30/h1-11H,(H2,24,30)(H2,25,26,27,28,29). The maximum Gasteiger partial charge on any atom is 0.249 e. The Kier molecular flexibility index (Phi) is 4.10. The number of aromatic amines is 1. The van der Waals surface area contributed by atoms with Gasteiger partial charge in [0, 0.05) is 16.3 Å². The van der Waals surface area contributed by atoms with Crippen molar-refractivity contribution in [3.63, 3.8) is 0 Å². The van der Waals surface area contributed by atoms with Gasteiger partial charge in [-0.1, -0.05) is 30.3 Å². The first-order valence-electron chi connectivity index (χ1n) is 9.17. The van der Waals surface area contributed by atoms with Crippen molar-refractivity contribution >= 4 is 39.3 Å². The lowest BCUT2D eigenvalue weighted by atomic mass is 10.1. The predicted octanol–water partition coefficient (Wildman–Crippen LogP) is 4.15. The summed E-state index contributed by atoms with van der Waals surface area (Å²) in [6, 6.07) is 18.7. The fourth-order valence-electron chi connectivity index (χ4n) is 3.38. The van der Waals surface area contributed by atoms with Gasteiger partial charge in [-0.15, -0.1) is 0 Å². The molecule has 1 amide bonds. The Hall–Kier alpha value is -4.33. The van der Waals surface area contributed by atoms with Gasteiger partial charge in [0.2, 0.25) is 5.91 Å². The van der Waals surface area contributed by atoms with Crippen molar-refractivity contribution in [3.8, 4) is 11.4 Å². The smallest absolute Gasteiger partial charge is 0.249 e. The number of amides is 1. The van der Waals surface area contributed by atoms with Crippen LogP contribution >= 0.6 is 0 Å². The van der Waals surface area contributed by atoms with Gasteiger partial charge < -0.3 is 11.1 Å². The molecular weight excluding hydrogens is 383 g/mol. The highest BCUT2D eigenvalue weighted by Gasteiger charge is 2.16. The quantitative estimate of drug-likeness (QED) is 0.421. The highest BCUT2D eigenvalue weighted by atomic mass is 19.1. The van der Waals surface area contributed by atoms with Crippen LogP contribution in [0.1, 0.15) is 10.4 Å². The van der Waals surface area contributed by atoms with E-state index in [1.165, 1.54) is 12.1 Å². The average Bonchev–Trinajstić information content (AvgIpc) is 3.15. The Labute approximate surface area is 169 Å². The number of primary amides is 1. The number of hydrogen-bond donors (Lipinski definition) is 3. The van der Waals surface area contributed by atoms with E-state index in [0.717, 1.165) is 5.39 Å². The van der Waals surface area contributed by atoms with Crippen molar-refractivity contribution in [1.82, 2.24) is 20.2 Å². The van der Waals surface area contributed by atoms with E-state index in [-0.39, 0.29) is 5.82 Å². The lowest BCUT2D eigenvalue weighted by Gasteiger charge is -2.11. The largest absolute Gasteiger partial charge is 0.366 e. The Morgan fingerprint density at radius 3 is 2.60 bits per heavy atom. The molecule has 8 heteroatoms. The van der Waals surface area contributed by atoms with Crippen LogP contribution in [-0.4, -0.2) is 26.1 Å². The topological polar surface area (TPSA) is 110 Å². The minimum Gasteiger partial charge on any atom is -0.366 e. The number of nitrogens with two attached hydrogens (primary N) is 1. The highest BCUT2D eigenvalue weighted by Crippen LogP contribution is 2.30. The van der Waals surface area contributed by atoms with Crippen LogP contribution in [0.4, 0.5) is 16.0 Å². The maximum absolute atomic E-state index is 13.8. The third-order valence-corrected chi connectivity index (χ3v) is 4.80. The van der Waals surface area contributed by atoms with Crippen molar-refractivity contribution < 1.29 is 9.18 Å². The van der Waals surface area contributed by atoms with E-state index in [1.807, 2.05) is 24.3 Å². The van der Waals surface area contributed by atoms with Gasteiger partial charge in [-0.3, -0.25) is 9.89 Å². The van der Waals surface area contributed by atoms with Crippen LogP contribution in [0, 0.1) is 5.82 Å². The first-order chi connectivity index (χ1) is 14.6. The first kappa shape index (κ1) is 17.7. The van der Waals surface area contributed by atoms with E-state index in [4.69, 9.17) is 5.73 Å². The van der Waals surface area contributed by atoms with E-state index in [1.54, 1.807) is 30.3 Å². The van der Waals surface area contributed by atoms with Gasteiger partial charge >= 0.3 is 0 Å². The number of aromatic nitrogens is 4. The first-order valence-corrected chi connectivity index (χ1v) is 9.17. The highest BCUT2D eigenvalue weighted by molar-refractivity contribution is 6.01. The number of para-hydroxylation sites is 1. The molecule has 0 aliphatic rings. The molecule has 0 unspecified atom stereocenters. The number of fused-ring (bicyclic) bond motifs is 2. The molecule has 0 radical (unpaired) electrons. The van der Waals surface area contributed by atoms with Gasteiger partial charge in [-0.25, -0.2) is 14.4 Å². The number of halogens is 1. The van der Waals surface area contributed by atoms with Crippen molar-refractivity contribution in [2.45, 2.75) is 0 Å². The molecule has 5 rings (SSSR count). The summed E-state index contributed by atoms with van der Waals surface area (Å²) in [5.74, 6) is 0.327. The third-order valence-electron chi connectivity index (χ3n) is 4.80. The Balaban J connectivity index is 1.70. The number of nitrogens with one attached hydrogen (secondary N) is 2. The number of carbonyl (C=O) groups is 1. The molecule has 0 saturated carbocycles. The molecule has 0 saturated heterocycles. The van der Waals surface area contributed by atoms with Crippen LogP contribution < -0.4 is 11.1 Å². The molecule has 0 atom stereocenters. The van der Waals surface area contributed by atoms with E-state index >= 15 is 0 Å². The molecule has 3 aromatic carbocycles. The number of nitrogens with zero attached hydrogens (tertiary/aromatic N) is 3. The third kappa shape index (κ3) is 3.00. The molecule has 0 aliphatic carbocycles. The summed E-state index contributed by atoms with van der Waals surface area (Å²) in [5, 5.41) is 11.6. The van der Waals surface area contributed by atoms with Gasteiger partial charge in [-0.2, -0.15) is 5.10 Å². The summed E-state index contributed by atoms with van der Waals surface area (Å²) < 4.78 is 13.8. The molecule has 5 aromatic rings. The summed E-state index contributed by atoms with van der Waals surface area (Å²) in [7, 11) is 0. The molecule has 0 fully saturated rings. The second kappa shape index (κ2) is 6.93. The maximum atomic E-state index is 13.8. The van der Waals surface area contributed by atoms with E-state index in [2.05, 4.69) is 25.5 Å². The SMILES string of the molecule is NC(=O)c1ccccc1-c1nc(Nc2n[nH]c3ccc(F)cc23)c2ccccc2n1. The molecule has 0 aliphatic heterocycles. The Bertz CT molecular complexity index is 1430. The van der Waals surface area contributed by atoms with Gasteiger partial charge in [0.1, 0.15) is 11.6 Å². The van der Waals surface area contributed by atoms with Gasteiger partial charge in [0.05, 0.1) is 16.6 Å². The number of carbonyl (C=O) groups excluding carboxylic acids is 1. The second-order valence-electron chi connectivity index (χ2n) is 6.71. The summed E-state index contributed by atoms with van der Waals surface area (Å²) in [6.45, 7) is 0. The number of hydrogen-bond acceptors (Lipinski definition) is 5. The van der Waals surface area contributed by atoms with Crippen molar-refractivity contribution in [1.29, 1.82) is 0 Å². The summed E-state index contributed by atoms with van der Waals surface area (Å²) in [6.07, 6.45) is 0. The fraction of sp³-hybridized carbons (Fsp3) is 0. The van der Waals surface area contributed by atoms with Crippen molar-refractivity contribution in [2.24, 2.45) is 5.73 Å². The van der Waals surface area contributed by atoms with Crippen LogP contribution in [0.5, 0.6) is 0 Å². The zero-order valence-corrected chi connectivity index (χ0v) is 15.6. The van der Waals surface area contributed by atoms with Gasteiger partial charge in [-0.05, 0) is 36.4 Å². The van der Waals surface area contributed by atoms with Crippen LogP contribution in [0.15, 0.2) is 66.7 Å². The average molecular weight is 398 g/mol. The second-order valence-corrected chi connectivity index (χ2v) is 6.71. The molecule has 2 heterocycles. The minimum absolute atomic E-state index is 0.325. The van der Waals surface area contributed by atoms with Crippen LogP contribution in [-0.2, 0) is 0 Å². The lowest BCUT2D eigenvalue weighted by molar-refractivity contribution is 0.100. The van der Waals surface area contributed by atoms with E-state index < -0.39 is 5.91 Å². The van der Waals surface area contributed by atoms with Gasteiger partial charge in [0.15, 0.2) is 11.6 Å². The van der Waals surface area contributed by atoms with Crippen LogP contribution in [0.3, 0.4) is 0 Å². The number of rotatable bonds is 4.